The molecule has 1 aromatic carbocycles. The van der Waals surface area contributed by atoms with Crippen molar-refractivity contribution in [1.82, 2.24) is 56.0 Å². The summed E-state index contributed by atoms with van der Waals surface area (Å²) in [6, 6.07) is 3.06. The molecule has 1 aromatic rings. The van der Waals surface area contributed by atoms with E-state index in [9.17, 15) is 68.2 Å². The lowest BCUT2D eigenvalue weighted by atomic mass is 9.77. The number of amides is 9. The third-order valence-electron chi connectivity index (χ3n) is 12.5. The van der Waals surface area contributed by atoms with E-state index >= 15 is 0 Å². The van der Waals surface area contributed by atoms with Gasteiger partial charge in [0.2, 0.25) is 47.3 Å². The smallest absolute Gasteiger partial charge is 0.475 e. The van der Waals surface area contributed by atoms with Gasteiger partial charge in [-0.3, -0.25) is 67.6 Å². The Hall–Kier alpha value is -7.03. The van der Waals surface area contributed by atoms with E-state index in [1.54, 1.807) is 19.0 Å². The average molecular weight is 1090 g/mol. The molecule has 17 N–H and O–H groups in total. The van der Waals surface area contributed by atoms with E-state index in [2.05, 4.69) is 36.5 Å². The maximum Gasteiger partial charge on any atom is 0.475 e. The molecule has 30 nitrogen and oxygen atoms in total. The van der Waals surface area contributed by atoms with E-state index in [0.717, 1.165) is 4.90 Å². The van der Waals surface area contributed by atoms with Crippen LogP contribution in [0.25, 0.3) is 0 Å². The van der Waals surface area contributed by atoms with Gasteiger partial charge in [0.25, 0.3) is 5.91 Å². The molecule has 4 unspecified atom stereocenters. The number of rotatable bonds is 28. The molecule has 0 radical (unpaired) electrons. The van der Waals surface area contributed by atoms with E-state index in [1.807, 2.05) is 14.7 Å². The Morgan fingerprint density at radius 1 is 0.701 bits per heavy atom. The largest absolute Gasteiger partial charge is 0.481 e. The van der Waals surface area contributed by atoms with Crippen LogP contribution < -0.4 is 49.5 Å². The Morgan fingerprint density at radius 2 is 1.22 bits per heavy atom. The second kappa shape index (κ2) is 33.2. The fraction of sp³-hybridized carbons (Fsp3) is 0.630. The molecule has 0 saturated carbocycles. The fourth-order valence-electron chi connectivity index (χ4n) is 8.34. The molecule has 9 amide bonds. The first-order valence-corrected chi connectivity index (χ1v) is 25.2. The second-order valence-corrected chi connectivity index (χ2v) is 19.0. The molecular formula is C46H77BN16O14. The molecule has 0 spiro atoms. The molecular weight excluding hydrogens is 1010 g/mol. The van der Waals surface area contributed by atoms with Gasteiger partial charge in [0.15, 0.2) is 5.96 Å². The summed E-state index contributed by atoms with van der Waals surface area (Å²) in [6.45, 7) is 2.37. The number of nitrogens with one attached hydrogen (secondary N) is 5. The molecule has 0 aliphatic carbocycles. The molecule has 2 saturated heterocycles. The van der Waals surface area contributed by atoms with Gasteiger partial charge in [-0.1, -0.05) is 12.1 Å². The fourth-order valence-corrected chi connectivity index (χ4v) is 8.34. The summed E-state index contributed by atoms with van der Waals surface area (Å²) in [5, 5.41) is 50.9. The average Bonchev–Trinajstić information content (AvgIpc) is 3.77. The monoisotopic (exact) mass is 1090 g/mol. The van der Waals surface area contributed by atoms with Crippen LogP contribution in [-0.4, -0.2) is 265 Å². The summed E-state index contributed by atoms with van der Waals surface area (Å²) in [5.41, 5.74) is 23.1. The van der Waals surface area contributed by atoms with Crippen LogP contribution in [0.15, 0.2) is 29.3 Å². The highest BCUT2D eigenvalue weighted by molar-refractivity contribution is 6.43. The van der Waals surface area contributed by atoms with Gasteiger partial charge in [0.1, 0.15) is 12.1 Å². The Balaban J connectivity index is 1.59. The number of aliphatic hydroxyl groups excluding tert-OH is 1. The molecule has 77 heavy (non-hydrogen) atoms. The van der Waals surface area contributed by atoms with Crippen molar-refractivity contribution >= 4 is 72.2 Å². The van der Waals surface area contributed by atoms with Crippen LogP contribution in [0, 0.1) is 0 Å². The number of nitrogens with zero attached hydrogens (tertiary/aromatic N) is 7. The zero-order valence-corrected chi connectivity index (χ0v) is 43.8. The molecule has 0 aromatic heterocycles. The molecule has 2 heterocycles. The lowest BCUT2D eigenvalue weighted by molar-refractivity contribution is -0.140. The van der Waals surface area contributed by atoms with E-state index in [0.29, 0.717) is 77.3 Å². The van der Waals surface area contributed by atoms with Gasteiger partial charge in [-0.25, -0.2) is 0 Å². The minimum absolute atomic E-state index is 0.0192. The predicted octanol–water partition coefficient (Wildman–Crippen LogP) is -8.32. The van der Waals surface area contributed by atoms with Gasteiger partial charge in [0.05, 0.1) is 51.2 Å². The number of hydrogen-bond donors (Lipinski definition) is 13. The number of aliphatic hydroxyl groups is 1. The molecule has 3 rings (SSSR count). The van der Waals surface area contributed by atoms with E-state index in [-0.39, 0.29) is 70.1 Å². The van der Waals surface area contributed by atoms with Crippen molar-refractivity contribution in [2.45, 2.75) is 69.2 Å². The summed E-state index contributed by atoms with van der Waals surface area (Å²) in [4.78, 5) is 141. The van der Waals surface area contributed by atoms with Crippen LogP contribution in [0.1, 0.15) is 54.4 Å². The number of hydrogen-bond acceptors (Lipinski definition) is 18. The van der Waals surface area contributed by atoms with Gasteiger partial charge >= 0.3 is 13.1 Å². The maximum absolute atomic E-state index is 13.6. The molecule has 31 heteroatoms. The Morgan fingerprint density at radius 3 is 1.73 bits per heavy atom. The summed E-state index contributed by atoms with van der Waals surface area (Å²) in [7, 11) is 1.53. The van der Waals surface area contributed by atoms with Crippen LogP contribution in [0.2, 0.25) is 0 Å². The number of carboxylic acids is 1. The Bertz CT molecular complexity index is 2180. The van der Waals surface area contributed by atoms with Crippen molar-refractivity contribution in [2.75, 3.05) is 119 Å². The van der Waals surface area contributed by atoms with E-state index in [4.69, 9.17) is 22.9 Å². The van der Waals surface area contributed by atoms with E-state index < -0.39 is 110 Å². The first kappa shape index (κ1) is 64.3. The number of nitrogens with two attached hydrogens (primary N) is 4. The quantitative estimate of drug-likeness (QED) is 0.0160. The van der Waals surface area contributed by atoms with Crippen molar-refractivity contribution in [1.29, 1.82) is 0 Å². The third-order valence-corrected chi connectivity index (χ3v) is 12.5. The zero-order chi connectivity index (χ0) is 57.2. The minimum Gasteiger partial charge on any atom is -0.481 e. The molecule has 2 aliphatic rings. The first-order valence-electron chi connectivity index (χ1n) is 25.2. The highest BCUT2D eigenvalue weighted by atomic mass is 16.4. The number of carbonyl (C=O) groups is 10. The van der Waals surface area contributed by atoms with Crippen molar-refractivity contribution in [3.05, 3.63) is 35.4 Å². The maximum atomic E-state index is 13.6. The number of guanidine groups is 1. The third kappa shape index (κ3) is 25.1. The SMILES string of the molecule is CN(C)C(N)=NCCCC(NC(=O)CCCN1CCN(CC(N)=O)CCN(CC(N)=O)CCN(CC(N)=O)CC1)C(=O)NCC(=O)NC(CC(=O)O)C(=O)NCc1ccc(C(=O)NCC(=O)N2CC(O)CC2B(O)O)cc1. The van der Waals surface area contributed by atoms with Gasteiger partial charge in [-0.15, -0.1) is 0 Å². The topological polar surface area (TPSA) is 448 Å². The number of carbonyl (C=O) groups excluding carboxylic acids is 9. The van der Waals surface area contributed by atoms with Gasteiger partial charge in [-0.2, -0.15) is 0 Å². The standard InChI is InChI=1S/C46H77BN16O14/c1-58(2)46(51)52-11-3-5-33(56-39(68)6-4-12-59-13-15-60(27-36(48)65)17-19-62(29-38(50)67)20-18-61(16-14-59)28-37(49)66)44(74)54-24-40(69)57-34(22-42(71)72)45(75)53-23-30-7-9-31(10-8-30)43(73)55-25-41(70)63-26-32(64)21-35(63)47(76)77/h7-10,32-35,64,76-77H,3-6,11-29H2,1-2H3,(H2,48,65)(H2,49,66)(H2,50,67)(H2,51,52)(H,53,75)(H,54,74)(H,55,73)(H,56,68)(H,57,69)(H,71,72). The van der Waals surface area contributed by atoms with Crippen LogP contribution >= 0.6 is 0 Å². The van der Waals surface area contributed by atoms with Crippen LogP contribution in [-0.2, 0) is 49.7 Å². The first-order chi connectivity index (χ1) is 36.4. The lowest BCUT2D eigenvalue weighted by Crippen LogP contribution is -2.52. The van der Waals surface area contributed by atoms with Crippen LogP contribution in [0.5, 0.6) is 0 Å². The van der Waals surface area contributed by atoms with Gasteiger partial charge < -0.3 is 84.5 Å². The number of aliphatic imine (C=N–C) groups is 1. The molecule has 0 bridgehead atoms. The van der Waals surface area contributed by atoms with Crippen LogP contribution in [0.3, 0.4) is 0 Å². The van der Waals surface area contributed by atoms with Crippen LogP contribution in [0.4, 0.5) is 0 Å². The molecule has 4 atom stereocenters. The number of primary amides is 3. The van der Waals surface area contributed by atoms with Gasteiger partial charge in [0, 0.05) is 98.1 Å². The number of aliphatic carboxylic acids is 1. The van der Waals surface area contributed by atoms with E-state index in [1.165, 1.54) is 24.3 Å². The second-order valence-electron chi connectivity index (χ2n) is 19.0. The van der Waals surface area contributed by atoms with Gasteiger partial charge in [-0.05, 0) is 49.9 Å². The molecule has 428 valence electrons. The van der Waals surface area contributed by atoms with Crippen molar-refractivity contribution in [3.8, 4) is 0 Å². The number of likely N-dealkylation sites (tertiary alicyclic amines) is 1. The summed E-state index contributed by atoms with van der Waals surface area (Å²) in [6.07, 6.45) is -1.12. The molecule has 2 fully saturated rings. The highest BCUT2D eigenvalue weighted by Gasteiger charge is 2.41. The summed E-state index contributed by atoms with van der Waals surface area (Å²) in [5.74, 6) is -8.08. The lowest BCUT2D eigenvalue weighted by Gasteiger charge is -2.33. The normalized spacial score (nSPS) is 18.1. The van der Waals surface area contributed by atoms with Crippen molar-refractivity contribution < 1.29 is 68.2 Å². The summed E-state index contributed by atoms with van der Waals surface area (Å²) >= 11 is 0. The molecule has 2 aliphatic heterocycles. The Kier molecular flexibility index (Phi) is 27.7. The predicted molar refractivity (Wildman–Crippen MR) is 278 cm³/mol. The Labute approximate surface area is 446 Å². The minimum atomic E-state index is -1.87. The number of β-amino-alcohol motifs (C(OH)–C–C–N with tert-alkyl or cyclic N) is 1. The highest BCUT2D eigenvalue weighted by Crippen LogP contribution is 2.19. The number of benzene rings is 1. The zero-order valence-electron chi connectivity index (χ0n) is 43.8. The number of carboxylic acid groups (broad SMARTS) is 1. The van der Waals surface area contributed by atoms with Crippen molar-refractivity contribution in [2.24, 2.45) is 27.9 Å². The van der Waals surface area contributed by atoms with Crippen molar-refractivity contribution in [3.63, 3.8) is 0 Å². The summed E-state index contributed by atoms with van der Waals surface area (Å²) < 4.78 is 0.